The zero-order chi connectivity index (χ0) is 41.5. The highest BCUT2D eigenvalue weighted by Crippen LogP contribution is 2.50. The van der Waals surface area contributed by atoms with Gasteiger partial charge < -0.3 is 44.6 Å². The normalized spacial score (nSPS) is 21.5. The Balaban J connectivity index is 1.00. The van der Waals surface area contributed by atoms with Crippen molar-refractivity contribution in [3.8, 4) is 22.4 Å². The average molecular weight is 805 g/mol. The lowest BCUT2D eigenvalue weighted by molar-refractivity contribution is -0.141. The van der Waals surface area contributed by atoms with Crippen LogP contribution in [0.15, 0.2) is 60.8 Å². The summed E-state index contributed by atoms with van der Waals surface area (Å²) in [6.07, 6.45) is 4.37. The smallest absolute Gasteiger partial charge is 0.407 e. The van der Waals surface area contributed by atoms with E-state index in [2.05, 4.69) is 69.1 Å². The molecule has 3 aliphatic rings. The minimum absolute atomic E-state index is 0.0619. The number of piperidine rings is 1. The highest BCUT2D eigenvalue weighted by atomic mass is 16.5. The Morgan fingerprint density at radius 1 is 0.797 bits per heavy atom. The molecule has 4 amide bonds. The van der Waals surface area contributed by atoms with Gasteiger partial charge in [-0.2, -0.15) is 0 Å². The van der Waals surface area contributed by atoms with Crippen molar-refractivity contribution in [1.82, 2.24) is 40.4 Å². The van der Waals surface area contributed by atoms with E-state index in [0.717, 1.165) is 87.9 Å². The fraction of sp³-hybridized carbons (Fsp3) is 0.455. The Kier molecular flexibility index (Phi) is 11.0. The van der Waals surface area contributed by atoms with Crippen molar-refractivity contribution in [3.63, 3.8) is 0 Å². The van der Waals surface area contributed by atoms with Crippen LogP contribution in [0.3, 0.4) is 0 Å². The number of aromatic nitrogens is 4. The van der Waals surface area contributed by atoms with Gasteiger partial charge in [0.25, 0.3) is 0 Å². The molecule has 2 saturated heterocycles. The lowest BCUT2D eigenvalue weighted by Gasteiger charge is -2.37. The van der Waals surface area contributed by atoms with Gasteiger partial charge in [-0.15, -0.1) is 0 Å². The number of aromatic amines is 2. The molecule has 1 saturated carbocycles. The maximum Gasteiger partial charge on any atom is 0.407 e. The number of nitrogens with one attached hydrogen (secondary N) is 4. The molecule has 0 radical (unpaired) electrons. The first kappa shape index (κ1) is 39.8. The van der Waals surface area contributed by atoms with Crippen molar-refractivity contribution in [2.24, 2.45) is 11.8 Å². The predicted octanol–water partition coefficient (Wildman–Crippen LogP) is 6.63. The third-order valence-electron chi connectivity index (χ3n) is 12.5. The monoisotopic (exact) mass is 804 g/mol. The van der Waals surface area contributed by atoms with Crippen LogP contribution >= 0.6 is 0 Å². The standard InChI is InChI=1S/C44H52N8O7/c1-23(2)35(49-43(55)58-5)41(53)51-19-7-8-34(51)39-45-22-33(47-39)26-11-9-25(10-12-26)27-14-17-31-28(20-27)15-18-32-37(31)48-40(46-32)38-29-13-16-30(21-29)52(38)42(54)36(24(3)57-4)50-44(56)59-6/h9-12,14-15,17-18,20,22-24,29-30,34-36,38H,7-8,13,16,19,21H2,1-6H3,(H,45,47)(H,46,48)(H,49,55)(H,50,56)/t24-,29+,30?,34+,35?,36?,38+/m1/s1. The van der Waals surface area contributed by atoms with E-state index < -0.39 is 30.4 Å². The number of rotatable bonds is 11. The minimum atomic E-state index is -0.897. The van der Waals surface area contributed by atoms with E-state index in [1.165, 1.54) is 21.3 Å². The second kappa shape index (κ2) is 16.4. The highest BCUT2D eigenvalue weighted by molar-refractivity contribution is 6.05. The zero-order valence-electron chi connectivity index (χ0n) is 34.3. The second-order valence-electron chi connectivity index (χ2n) is 16.3. The van der Waals surface area contributed by atoms with Crippen molar-refractivity contribution in [2.45, 2.75) is 89.2 Å². The van der Waals surface area contributed by atoms with Crippen molar-refractivity contribution in [2.75, 3.05) is 27.9 Å². The van der Waals surface area contributed by atoms with Gasteiger partial charge in [0.1, 0.15) is 23.7 Å². The van der Waals surface area contributed by atoms with Crippen molar-refractivity contribution >= 4 is 45.8 Å². The Labute approximate surface area is 342 Å². The lowest BCUT2D eigenvalue weighted by atomic mass is 9.97. The van der Waals surface area contributed by atoms with Crippen molar-refractivity contribution in [3.05, 3.63) is 72.4 Å². The summed E-state index contributed by atoms with van der Waals surface area (Å²) in [5.74, 6) is 1.28. The number of hydrogen-bond acceptors (Lipinski definition) is 9. The summed E-state index contributed by atoms with van der Waals surface area (Å²) in [4.78, 5) is 72.5. The van der Waals surface area contributed by atoms with Gasteiger partial charge in [-0.3, -0.25) is 9.59 Å². The SMILES string of the molecule is COC(=O)NC(C(=O)N1CCC[C@H]1c1ncc(-c2ccc(-c3ccc4c(ccc5[nH]c([C@@H]6[C@H]7CCC(C7)N6C(=O)C(NC(=O)OC)[C@@H](C)OC)nc54)c3)cc2)[nH]1)C(C)C. The first-order chi connectivity index (χ1) is 28.5. The molecule has 2 bridgehead atoms. The summed E-state index contributed by atoms with van der Waals surface area (Å²) in [6, 6.07) is 16.8. The molecule has 8 rings (SSSR count). The maximum atomic E-state index is 14.1. The van der Waals surface area contributed by atoms with Crippen molar-refractivity contribution < 1.29 is 33.4 Å². The number of alkyl carbamates (subject to hydrolysis) is 2. The number of amides is 4. The molecular weight excluding hydrogens is 753 g/mol. The summed E-state index contributed by atoms with van der Waals surface area (Å²) in [5.41, 5.74) is 5.69. The number of fused-ring (bicyclic) bond motifs is 5. The second-order valence-corrected chi connectivity index (χ2v) is 16.3. The molecule has 7 atom stereocenters. The molecule has 3 unspecified atom stereocenters. The van der Waals surface area contributed by atoms with Crippen LogP contribution in [0.5, 0.6) is 0 Å². The molecule has 2 aliphatic heterocycles. The molecule has 0 spiro atoms. The summed E-state index contributed by atoms with van der Waals surface area (Å²) in [5, 5.41) is 7.45. The summed E-state index contributed by atoms with van der Waals surface area (Å²) in [7, 11) is 4.09. The lowest BCUT2D eigenvalue weighted by Crippen LogP contribution is -2.56. The summed E-state index contributed by atoms with van der Waals surface area (Å²) in [6.45, 7) is 6.16. The van der Waals surface area contributed by atoms with Gasteiger partial charge in [0, 0.05) is 25.1 Å². The molecule has 3 aromatic carbocycles. The first-order valence-corrected chi connectivity index (χ1v) is 20.4. The Hall–Kier alpha value is -5.96. The molecule has 3 fully saturated rings. The fourth-order valence-corrected chi connectivity index (χ4v) is 9.35. The number of carbonyl (C=O) groups is 4. The van der Waals surface area contributed by atoms with Gasteiger partial charge in [0.15, 0.2) is 0 Å². The van der Waals surface area contributed by atoms with Crippen LogP contribution in [0.1, 0.15) is 76.6 Å². The van der Waals surface area contributed by atoms with Gasteiger partial charge in [0.05, 0.1) is 55.3 Å². The maximum absolute atomic E-state index is 14.1. The Bertz CT molecular complexity index is 2370. The molecule has 2 aromatic heterocycles. The number of H-pyrrole nitrogens is 2. The fourth-order valence-electron chi connectivity index (χ4n) is 9.35. The third kappa shape index (κ3) is 7.47. The van der Waals surface area contributed by atoms with E-state index in [0.29, 0.717) is 6.54 Å². The van der Waals surface area contributed by atoms with Gasteiger partial charge in [0.2, 0.25) is 11.8 Å². The van der Waals surface area contributed by atoms with Crippen LogP contribution in [-0.2, 0) is 23.8 Å². The Morgan fingerprint density at radius 2 is 1.51 bits per heavy atom. The van der Waals surface area contributed by atoms with Gasteiger partial charge in [-0.05, 0) is 85.1 Å². The van der Waals surface area contributed by atoms with Crippen LogP contribution in [-0.4, -0.2) is 106 Å². The molecular formula is C44H52N8O7. The van der Waals surface area contributed by atoms with Crippen LogP contribution in [0.4, 0.5) is 9.59 Å². The third-order valence-corrected chi connectivity index (χ3v) is 12.5. The molecule has 4 heterocycles. The van der Waals surface area contributed by atoms with E-state index in [9.17, 15) is 19.2 Å². The van der Waals surface area contributed by atoms with Crippen LogP contribution in [0, 0.1) is 11.8 Å². The topological polar surface area (TPSA) is 184 Å². The number of ether oxygens (including phenoxy) is 3. The predicted molar refractivity (Wildman–Crippen MR) is 221 cm³/mol. The molecule has 5 aromatic rings. The van der Waals surface area contributed by atoms with Crippen LogP contribution in [0.25, 0.3) is 44.2 Å². The quantitative estimate of drug-likeness (QED) is 0.114. The number of methoxy groups -OCH3 is 3. The Morgan fingerprint density at radius 3 is 2.22 bits per heavy atom. The van der Waals surface area contributed by atoms with Crippen LogP contribution in [0.2, 0.25) is 0 Å². The van der Waals surface area contributed by atoms with Crippen LogP contribution < -0.4 is 10.6 Å². The largest absolute Gasteiger partial charge is 0.453 e. The number of hydrogen-bond donors (Lipinski definition) is 4. The van der Waals surface area contributed by atoms with Gasteiger partial charge in [-0.25, -0.2) is 19.6 Å². The minimum Gasteiger partial charge on any atom is -0.453 e. The van der Waals surface area contributed by atoms with Crippen molar-refractivity contribution in [1.29, 1.82) is 0 Å². The molecule has 1 aliphatic carbocycles. The van der Waals surface area contributed by atoms with E-state index in [1.54, 1.807) is 13.1 Å². The average Bonchev–Trinajstić information content (AvgIpc) is 4.11. The summed E-state index contributed by atoms with van der Waals surface area (Å²) >= 11 is 0. The number of carbonyl (C=O) groups excluding carboxylic acids is 4. The first-order valence-electron chi connectivity index (χ1n) is 20.4. The van der Waals surface area contributed by atoms with E-state index in [1.807, 2.05) is 29.7 Å². The van der Waals surface area contributed by atoms with E-state index >= 15 is 0 Å². The molecule has 4 N–H and O–H groups in total. The molecule has 15 heteroatoms. The summed E-state index contributed by atoms with van der Waals surface area (Å²) < 4.78 is 15.1. The van der Waals surface area contributed by atoms with Gasteiger partial charge in [-0.1, -0.05) is 56.3 Å². The number of nitrogens with zero attached hydrogens (tertiary/aromatic N) is 4. The van der Waals surface area contributed by atoms with E-state index in [4.69, 9.17) is 24.2 Å². The molecule has 15 nitrogen and oxygen atoms in total. The molecule has 310 valence electrons. The number of imidazole rings is 2. The molecule has 59 heavy (non-hydrogen) atoms. The van der Waals surface area contributed by atoms with Gasteiger partial charge >= 0.3 is 12.2 Å². The number of benzene rings is 3. The zero-order valence-corrected chi connectivity index (χ0v) is 34.3. The van der Waals surface area contributed by atoms with E-state index in [-0.39, 0.29) is 41.8 Å². The highest BCUT2D eigenvalue weighted by Gasteiger charge is 2.52. The number of likely N-dealkylation sites (tertiary alicyclic amines) is 2.